The minimum Gasteiger partial charge on any atom is -0.494 e. The molecule has 1 saturated heterocycles. The van der Waals surface area contributed by atoms with Crippen LogP contribution in [-0.2, 0) is 16.0 Å². The maximum atomic E-state index is 11.0. The predicted octanol–water partition coefficient (Wildman–Crippen LogP) is 1.28. The van der Waals surface area contributed by atoms with Crippen LogP contribution in [0.25, 0.3) is 0 Å². The molecule has 1 aliphatic heterocycles. The average Bonchev–Trinajstić information content (AvgIpc) is 2.54. The third kappa shape index (κ3) is 6.58. The van der Waals surface area contributed by atoms with E-state index < -0.39 is 0 Å². The van der Waals surface area contributed by atoms with E-state index >= 15 is 0 Å². The number of ether oxygens (including phenoxy) is 2. The van der Waals surface area contributed by atoms with Gasteiger partial charge in [0.15, 0.2) is 0 Å². The Labute approximate surface area is 133 Å². The standard InChI is InChI=1S/C18H27NO3/c1-16(20)4-5-17-6-8-18(9-7-17)22-13-3-2-10-19-11-14-21-15-12-19/h6-9H,2-5,10-15H2,1H3/p+1. The average molecular weight is 306 g/mol. The second-order valence-corrected chi connectivity index (χ2v) is 6.01. The van der Waals surface area contributed by atoms with Crippen LogP contribution >= 0.6 is 0 Å². The number of ketones is 1. The van der Waals surface area contributed by atoms with E-state index in [4.69, 9.17) is 9.47 Å². The van der Waals surface area contributed by atoms with Gasteiger partial charge in [-0.25, -0.2) is 0 Å². The monoisotopic (exact) mass is 306 g/mol. The highest BCUT2D eigenvalue weighted by Gasteiger charge is 2.12. The zero-order chi connectivity index (χ0) is 15.6. The SMILES string of the molecule is CC(=O)CCc1ccc(OCCCC[NH+]2CCOCC2)cc1. The van der Waals surface area contributed by atoms with E-state index in [1.807, 2.05) is 12.1 Å². The number of hydrogen-bond acceptors (Lipinski definition) is 3. The molecule has 1 N–H and O–H groups in total. The number of morpholine rings is 1. The number of quaternary nitrogens is 1. The second kappa shape index (κ2) is 9.59. The largest absolute Gasteiger partial charge is 0.494 e. The lowest BCUT2D eigenvalue weighted by molar-refractivity contribution is -0.908. The fraction of sp³-hybridized carbons (Fsp3) is 0.611. The minimum absolute atomic E-state index is 0.239. The fourth-order valence-electron chi connectivity index (χ4n) is 2.65. The van der Waals surface area contributed by atoms with Gasteiger partial charge in [-0.15, -0.1) is 0 Å². The van der Waals surface area contributed by atoms with Gasteiger partial charge in [-0.3, -0.25) is 0 Å². The molecule has 22 heavy (non-hydrogen) atoms. The quantitative estimate of drug-likeness (QED) is 0.699. The Hall–Kier alpha value is -1.39. The van der Waals surface area contributed by atoms with E-state index in [0.717, 1.165) is 51.5 Å². The van der Waals surface area contributed by atoms with Crippen LogP contribution in [0.3, 0.4) is 0 Å². The van der Waals surface area contributed by atoms with Gasteiger partial charge in [0.2, 0.25) is 0 Å². The van der Waals surface area contributed by atoms with Crippen LogP contribution in [0.4, 0.5) is 0 Å². The molecule has 1 aliphatic rings. The molecule has 1 fully saturated rings. The van der Waals surface area contributed by atoms with Gasteiger partial charge < -0.3 is 19.2 Å². The number of rotatable bonds is 9. The number of hydrogen-bond donors (Lipinski definition) is 1. The Bertz CT molecular complexity index is 438. The van der Waals surface area contributed by atoms with Gasteiger partial charge in [0.05, 0.1) is 26.4 Å². The minimum atomic E-state index is 0.239. The number of aryl methyl sites for hydroxylation is 1. The first kappa shape index (κ1) is 17.0. The Balaban J connectivity index is 1.57. The van der Waals surface area contributed by atoms with Crippen molar-refractivity contribution in [2.75, 3.05) is 39.5 Å². The maximum Gasteiger partial charge on any atom is 0.130 e. The van der Waals surface area contributed by atoms with Crippen LogP contribution < -0.4 is 9.64 Å². The van der Waals surface area contributed by atoms with E-state index in [0.29, 0.717) is 6.42 Å². The van der Waals surface area contributed by atoms with Crippen LogP contribution in [0.5, 0.6) is 5.75 Å². The summed E-state index contributed by atoms with van der Waals surface area (Å²) < 4.78 is 11.1. The van der Waals surface area contributed by atoms with Crippen molar-refractivity contribution in [3.8, 4) is 5.75 Å². The third-order valence-electron chi connectivity index (χ3n) is 4.08. The molecule has 0 atom stereocenters. The summed E-state index contributed by atoms with van der Waals surface area (Å²) in [5.41, 5.74) is 1.19. The van der Waals surface area contributed by atoms with Crippen molar-refractivity contribution >= 4 is 5.78 Å². The van der Waals surface area contributed by atoms with Crippen molar-refractivity contribution in [1.29, 1.82) is 0 Å². The Morgan fingerprint density at radius 1 is 1.18 bits per heavy atom. The number of Topliss-reactive ketones (excluding diaryl/α,β-unsaturated/α-hetero) is 1. The Morgan fingerprint density at radius 3 is 2.59 bits per heavy atom. The zero-order valence-electron chi connectivity index (χ0n) is 13.6. The van der Waals surface area contributed by atoms with E-state index in [9.17, 15) is 4.79 Å². The third-order valence-corrected chi connectivity index (χ3v) is 4.08. The van der Waals surface area contributed by atoms with Crippen LogP contribution in [0.15, 0.2) is 24.3 Å². The van der Waals surface area contributed by atoms with E-state index in [1.165, 1.54) is 18.5 Å². The molecule has 4 nitrogen and oxygen atoms in total. The van der Waals surface area contributed by atoms with Crippen molar-refractivity contribution in [2.45, 2.75) is 32.6 Å². The lowest BCUT2D eigenvalue weighted by atomic mass is 10.1. The second-order valence-electron chi connectivity index (χ2n) is 6.01. The molecule has 4 heteroatoms. The van der Waals surface area contributed by atoms with Crippen LogP contribution in [0, 0.1) is 0 Å². The molecule has 0 bridgehead atoms. The number of unbranched alkanes of at least 4 members (excludes halogenated alkanes) is 1. The molecule has 0 unspecified atom stereocenters. The molecule has 1 heterocycles. The predicted molar refractivity (Wildman–Crippen MR) is 86.6 cm³/mol. The molecule has 0 radical (unpaired) electrons. The number of nitrogens with one attached hydrogen (secondary N) is 1. The van der Waals surface area contributed by atoms with Crippen LogP contribution in [-0.4, -0.2) is 45.2 Å². The van der Waals surface area contributed by atoms with Gasteiger partial charge in [0, 0.05) is 6.42 Å². The molecule has 1 aromatic carbocycles. The van der Waals surface area contributed by atoms with Gasteiger partial charge in [-0.05, 0) is 43.9 Å². The molecule has 2 rings (SSSR count). The zero-order valence-corrected chi connectivity index (χ0v) is 13.6. The molecule has 0 aliphatic carbocycles. The lowest BCUT2D eigenvalue weighted by Gasteiger charge is -2.23. The van der Waals surface area contributed by atoms with Crippen molar-refractivity contribution in [1.82, 2.24) is 0 Å². The van der Waals surface area contributed by atoms with Crippen molar-refractivity contribution in [3.05, 3.63) is 29.8 Å². The summed E-state index contributed by atoms with van der Waals surface area (Å²) in [6.45, 7) is 7.72. The molecule has 122 valence electrons. The van der Waals surface area contributed by atoms with Gasteiger partial charge in [-0.2, -0.15) is 0 Å². The molecular formula is C18H28NO3+. The summed E-state index contributed by atoms with van der Waals surface area (Å²) in [4.78, 5) is 12.6. The van der Waals surface area contributed by atoms with Crippen molar-refractivity contribution < 1.29 is 19.2 Å². The first-order chi connectivity index (χ1) is 10.7. The number of benzene rings is 1. The smallest absolute Gasteiger partial charge is 0.130 e. The van der Waals surface area contributed by atoms with Gasteiger partial charge in [0.25, 0.3) is 0 Å². The maximum absolute atomic E-state index is 11.0. The summed E-state index contributed by atoms with van der Waals surface area (Å²) in [5.74, 6) is 1.16. The van der Waals surface area contributed by atoms with Crippen LogP contribution in [0.1, 0.15) is 31.7 Å². The van der Waals surface area contributed by atoms with Gasteiger partial charge >= 0.3 is 0 Å². The Morgan fingerprint density at radius 2 is 1.91 bits per heavy atom. The van der Waals surface area contributed by atoms with E-state index in [2.05, 4.69) is 12.1 Å². The van der Waals surface area contributed by atoms with Crippen molar-refractivity contribution in [2.24, 2.45) is 0 Å². The Kier molecular flexibility index (Phi) is 7.40. The number of carbonyl (C=O) groups is 1. The molecule has 0 aromatic heterocycles. The van der Waals surface area contributed by atoms with E-state index in [1.54, 1.807) is 11.8 Å². The summed E-state index contributed by atoms with van der Waals surface area (Å²) in [6, 6.07) is 8.11. The summed E-state index contributed by atoms with van der Waals surface area (Å²) in [7, 11) is 0. The van der Waals surface area contributed by atoms with Gasteiger partial charge in [-0.1, -0.05) is 12.1 Å². The molecule has 0 amide bonds. The summed E-state index contributed by atoms with van der Waals surface area (Å²) in [5, 5.41) is 0. The summed E-state index contributed by atoms with van der Waals surface area (Å²) >= 11 is 0. The van der Waals surface area contributed by atoms with Gasteiger partial charge in [0.1, 0.15) is 24.6 Å². The first-order valence-corrected chi connectivity index (χ1v) is 8.36. The molecule has 1 aromatic rings. The summed E-state index contributed by atoms with van der Waals surface area (Å²) in [6.07, 6.45) is 3.73. The molecule has 0 spiro atoms. The van der Waals surface area contributed by atoms with Crippen LogP contribution in [0.2, 0.25) is 0 Å². The van der Waals surface area contributed by atoms with Crippen molar-refractivity contribution in [3.63, 3.8) is 0 Å². The van der Waals surface area contributed by atoms with E-state index in [-0.39, 0.29) is 5.78 Å². The number of carbonyl (C=O) groups excluding carboxylic acids is 1. The molecular weight excluding hydrogens is 278 g/mol. The fourth-order valence-corrected chi connectivity index (χ4v) is 2.65. The molecule has 0 saturated carbocycles. The first-order valence-electron chi connectivity index (χ1n) is 8.36. The normalized spacial score (nSPS) is 15.7. The lowest BCUT2D eigenvalue weighted by Crippen LogP contribution is -3.14. The highest BCUT2D eigenvalue weighted by atomic mass is 16.5. The topological polar surface area (TPSA) is 40.0 Å². The highest BCUT2D eigenvalue weighted by molar-refractivity contribution is 5.75. The highest BCUT2D eigenvalue weighted by Crippen LogP contribution is 2.13.